The van der Waals surface area contributed by atoms with E-state index in [1.807, 2.05) is 58.0 Å². The zero-order chi connectivity index (χ0) is 20.3. The minimum absolute atomic E-state index is 0.00872. The Balaban J connectivity index is 1.67. The Morgan fingerprint density at radius 3 is 2.46 bits per heavy atom. The molecule has 0 radical (unpaired) electrons. The van der Waals surface area contributed by atoms with Crippen molar-refractivity contribution in [2.45, 2.75) is 52.7 Å². The Morgan fingerprint density at radius 2 is 1.79 bits per heavy atom. The second-order valence-electron chi connectivity index (χ2n) is 8.06. The molecule has 3 rings (SSSR count). The second-order valence-corrected chi connectivity index (χ2v) is 8.06. The fraction of sp³-hybridized carbons (Fsp3) is 0.391. The number of anilines is 1. The fourth-order valence-corrected chi connectivity index (χ4v) is 3.70. The number of rotatable bonds is 5. The number of fused-ring (bicyclic) bond motifs is 1. The molecule has 1 heterocycles. The van der Waals surface area contributed by atoms with Gasteiger partial charge in [-0.2, -0.15) is 0 Å². The lowest BCUT2D eigenvalue weighted by Gasteiger charge is -2.26. The van der Waals surface area contributed by atoms with Gasteiger partial charge >= 0.3 is 0 Å². The molecular formula is C23H30N3O2+. The van der Waals surface area contributed by atoms with Crippen LogP contribution in [0.25, 0.3) is 0 Å². The molecule has 0 spiro atoms. The van der Waals surface area contributed by atoms with E-state index in [0.717, 1.165) is 23.4 Å². The van der Waals surface area contributed by atoms with Crippen LogP contribution in [0.3, 0.4) is 0 Å². The number of carbonyl (C=O) groups is 2. The molecule has 0 saturated heterocycles. The molecule has 0 saturated carbocycles. The first kappa shape index (κ1) is 20.1. The average Bonchev–Trinajstić information content (AvgIpc) is 2.67. The van der Waals surface area contributed by atoms with E-state index in [4.69, 9.17) is 0 Å². The van der Waals surface area contributed by atoms with Gasteiger partial charge in [-0.15, -0.1) is 0 Å². The summed E-state index contributed by atoms with van der Waals surface area (Å²) in [4.78, 5) is 25.7. The Bertz CT molecular complexity index is 876. The minimum atomic E-state index is -0.571. The number of quaternary nitrogens is 1. The molecule has 0 aromatic heterocycles. The van der Waals surface area contributed by atoms with E-state index in [1.165, 1.54) is 11.1 Å². The molecular weight excluding hydrogens is 350 g/mol. The standard InChI is InChI=1S/C23H29N3O2/c1-14(2)21(23(28)25-19-10-9-15(3)11-16(19)4)26-22(27)20-12-17-7-5-6-8-18(17)13-24-20/h5-11,14,20-21,24H,12-13H2,1-4H3,(H,25,28)(H,26,27)/p+1/t20-,21-/m0/s1. The van der Waals surface area contributed by atoms with Crippen molar-refractivity contribution >= 4 is 17.5 Å². The highest BCUT2D eigenvalue weighted by molar-refractivity contribution is 5.98. The van der Waals surface area contributed by atoms with Gasteiger partial charge in [-0.1, -0.05) is 55.8 Å². The lowest BCUT2D eigenvalue weighted by molar-refractivity contribution is -0.695. The first-order valence-electron chi connectivity index (χ1n) is 9.93. The fourth-order valence-electron chi connectivity index (χ4n) is 3.70. The van der Waals surface area contributed by atoms with Gasteiger partial charge in [-0.3, -0.25) is 9.59 Å². The monoisotopic (exact) mass is 380 g/mol. The van der Waals surface area contributed by atoms with Gasteiger partial charge in [0, 0.05) is 17.7 Å². The highest BCUT2D eigenvalue weighted by Gasteiger charge is 2.32. The van der Waals surface area contributed by atoms with Crippen molar-refractivity contribution in [3.63, 3.8) is 0 Å². The quantitative estimate of drug-likeness (QED) is 0.743. The summed E-state index contributed by atoms with van der Waals surface area (Å²) in [6.45, 7) is 8.68. The first-order chi connectivity index (χ1) is 13.3. The third kappa shape index (κ3) is 4.60. The van der Waals surface area contributed by atoms with Crippen LogP contribution in [0.5, 0.6) is 0 Å². The molecule has 0 unspecified atom stereocenters. The predicted octanol–water partition coefficient (Wildman–Crippen LogP) is 2.07. The van der Waals surface area contributed by atoms with Crippen molar-refractivity contribution in [1.29, 1.82) is 0 Å². The number of nitrogens with one attached hydrogen (secondary N) is 2. The molecule has 5 heteroatoms. The number of carbonyl (C=O) groups excluding carboxylic acids is 2. The van der Waals surface area contributed by atoms with Crippen molar-refractivity contribution in [2.24, 2.45) is 5.92 Å². The topological polar surface area (TPSA) is 74.8 Å². The maximum atomic E-state index is 12.9. The molecule has 148 valence electrons. The maximum absolute atomic E-state index is 12.9. The van der Waals surface area contributed by atoms with Crippen LogP contribution in [0, 0.1) is 19.8 Å². The summed E-state index contributed by atoms with van der Waals surface area (Å²) in [5, 5.41) is 8.02. The van der Waals surface area contributed by atoms with Crippen LogP contribution in [0.15, 0.2) is 42.5 Å². The van der Waals surface area contributed by atoms with E-state index in [9.17, 15) is 9.59 Å². The van der Waals surface area contributed by atoms with Crippen LogP contribution >= 0.6 is 0 Å². The van der Waals surface area contributed by atoms with Crippen LogP contribution < -0.4 is 16.0 Å². The number of hydrogen-bond acceptors (Lipinski definition) is 2. The van der Waals surface area contributed by atoms with E-state index < -0.39 is 6.04 Å². The van der Waals surface area contributed by atoms with Gasteiger partial charge in [0.05, 0.1) is 0 Å². The number of benzene rings is 2. The van der Waals surface area contributed by atoms with Crippen molar-refractivity contribution in [3.05, 3.63) is 64.7 Å². The summed E-state index contributed by atoms with van der Waals surface area (Å²) in [6.07, 6.45) is 0.686. The molecule has 0 bridgehead atoms. The largest absolute Gasteiger partial charge is 0.339 e. The van der Waals surface area contributed by atoms with Crippen LogP contribution in [-0.4, -0.2) is 23.9 Å². The third-order valence-corrected chi connectivity index (χ3v) is 5.40. The third-order valence-electron chi connectivity index (χ3n) is 5.40. The van der Waals surface area contributed by atoms with Gasteiger partial charge in [0.15, 0.2) is 6.04 Å². The summed E-state index contributed by atoms with van der Waals surface area (Å²) < 4.78 is 0. The first-order valence-corrected chi connectivity index (χ1v) is 9.93. The maximum Gasteiger partial charge on any atom is 0.279 e. The smallest absolute Gasteiger partial charge is 0.279 e. The Kier molecular flexibility index (Phi) is 6.15. The summed E-state index contributed by atoms with van der Waals surface area (Å²) >= 11 is 0. The van der Waals surface area contributed by atoms with Gasteiger partial charge in [-0.05, 0) is 37.0 Å². The zero-order valence-corrected chi connectivity index (χ0v) is 17.1. The molecule has 2 aromatic rings. The number of amides is 2. The molecule has 0 fully saturated rings. The Labute approximate surface area is 166 Å². The van der Waals surface area contributed by atoms with Crippen LogP contribution in [0.2, 0.25) is 0 Å². The Hall–Kier alpha value is -2.66. The number of hydrogen-bond donors (Lipinski definition) is 3. The molecule has 2 aromatic carbocycles. The van der Waals surface area contributed by atoms with Gasteiger partial charge in [-0.25, -0.2) is 0 Å². The normalized spacial score (nSPS) is 17.0. The van der Waals surface area contributed by atoms with Crippen molar-refractivity contribution < 1.29 is 14.9 Å². The molecule has 0 aliphatic carbocycles. The van der Waals surface area contributed by atoms with Gasteiger partial charge < -0.3 is 16.0 Å². The SMILES string of the molecule is Cc1ccc(NC(=O)[C@@H](NC(=O)[C@@H]2Cc3ccccc3C[NH2+]2)C(C)C)c(C)c1. The lowest BCUT2D eigenvalue weighted by atomic mass is 9.94. The van der Waals surface area contributed by atoms with Crippen LogP contribution in [0.1, 0.15) is 36.1 Å². The summed E-state index contributed by atoms with van der Waals surface area (Å²) in [6, 6.07) is 13.4. The molecule has 5 nitrogen and oxygen atoms in total. The van der Waals surface area contributed by atoms with Gasteiger partial charge in [0.2, 0.25) is 5.91 Å². The van der Waals surface area contributed by atoms with Crippen molar-refractivity contribution in [1.82, 2.24) is 5.32 Å². The average molecular weight is 381 g/mol. The molecule has 1 aliphatic heterocycles. The predicted molar refractivity (Wildman–Crippen MR) is 111 cm³/mol. The van der Waals surface area contributed by atoms with Crippen LogP contribution in [0.4, 0.5) is 5.69 Å². The summed E-state index contributed by atoms with van der Waals surface area (Å²) in [5.74, 6) is -0.263. The molecule has 2 amide bonds. The van der Waals surface area contributed by atoms with E-state index in [2.05, 4.69) is 28.1 Å². The van der Waals surface area contributed by atoms with E-state index >= 15 is 0 Å². The molecule has 2 atom stereocenters. The zero-order valence-electron chi connectivity index (χ0n) is 17.1. The second kappa shape index (κ2) is 8.57. The van der Waals surface area contributed by atoms with Crippen LogP contribution in [-0.2, 0) is 22.6 Å². The summed E-state index contributed by atoms with van der Waals surface area (Å²) in [5.41, 5.74) is 5.44. The molecule has 1 aliphatic rings. The minimum Gasteiger partial charge on any atom is -0.339 e. The summed E-state index contributed by atoms with van der Waals surface area (Å²) in [7, 11) is 0. The van der Waals surface area contributed by atoms with Crippen molar-refractivity contribution in [3.8, 4) is 0 Å². The lowest BCUT2D eigenvalue weighted by Crippen LogP contribution is -2.93. The van der Waals surface area contributed by atoms with E-state index in [0.29, 0.717) is 6.42 Å². The Morgan fingerprint density at radius 1 is 1.07 bits per heavy atom. The number of aryl methyl sites for hydroxylation is 2. The van der Waals surface area contributed by atoms with Gasteiger partial charge in [0.1, 0.15) is 12.6 Å². The highest BCUT2D eigenvalue weighted by Crippen LogP contribution is 2.18. The number of nitrogens with two attached hydrogens (primary N) is 1. The molecule has 28 heavy (non-hydrogen) atoms. The molecule has 4 N–H and O–H groups in total. The van der Waals surface area contributed by atoms with Crippen molar-refractivity contribution in [2.75, 3.05) is 5.32 Å². The van der Waals surface area contributed by atoms with E-state index in [1.54, 1.807) is 0 Å². The highest BCUT2D eigenvalue weighted by atomic mass is 16.2. The van der Waals surface area contributed by atoms with E-state index in [-0.39, 0.29) is 23.8 Å². The van der Waals surface area contributed by atoms with Gasteiger partial charge in [0.25, 0.3) is 5.91 Å².